The lowest BCUT2D eigenvalue weighted by Gasteiger charge is -2.14. The monoisotopic (exact) mass is 477 g/mol. The molecular formula is C24H19N3O6S. The number of ether oxygens (including phenoxy) is 1. The van der Waals surface area contributed by atoms with Crippen LogP contribution in [0.15, 0.2) is 83.8 Å². The molecule has 1 unspecified atom stereocenters. The summed E-state index contributed by atoms with van der Waals surface area (Å²) < 4.78 is 5.42. The van der Waals surface area contributed by atoms with Crippen molar-refractivity contribution in [3.8, 4) is 5.75 Å². The predicted octanol–water partition coefficient (Wildman–Crippen LogP) is 4.04. The molecule has 9 nitrogen and oxygen atoms in total. The molecule has 1 fully saturated rings. The quantitative estimate of drug-likeness (QED) is 0.295. The first-order chi connectivity index (χ1) is 16.4. The zero-order valence-corrected chi connectivity index (χ0v) is 18.6. The number of imide groups is 1. The van der Waals surface area contributed by atoms with Gasteiger partial charge in [-0.05, 0) is 48.5 Å². The summed E-state index contributed by atoms with van der Waals surface area (Å²) in [4.78, 5) is 49.4. The van der Waals surface area contributed by atoms with Crippen LogP contribution in [0.5, 0.6) is 5.75 Å². The maximum atomic E-state index is 12.8. The number of nitro groups is 1. The van der Waals surface area contributed by atoms with Crippen molar-refractivity contribution < 1.29 is 24.0 Å². The lowest BCUT2D eigenvalue weighted by Crippen LogP contribution is -2.31. The van der Waals surface area contributed by atoms with Crippen LogP contribution in [0.25, 0.3) is 0 Å². The first kappa shape index (κ1) is 23.0. The summed E-state index contributed by atoms with van der Waals surface area (Å²) in [5.41, 5.74) is 0.763. The number of non-ortho nitro benzene ring substituents is 1. The zero-order valence-electron chi connectivity index (χ0n) is 17.7. The van der Waals surface area contributed by atoms with E-state index in [1.54, 1.807) is 36.4 Å². The number of nitrogens with zero attached hydrogens (tertiary/aromatic N) is 2. The minimum absolute atomic E-state index is 0.0236. The second-order valence-electron chi connectivity index (χ2n) is 7.33. The molecule has 1 aliphatic heterocycles. The van der Waals surface area contributed by atoms with E-state index in [0.29, 0.717) is 17.1 Å². The minimum atomic E-state index is -0.609. The summed E-state index contributed by atoms with van der Waals surface area (Å²) >= 11 is 1.25. The Morgan fingerprint density at radius 1 is 1.03 bits per heavy atom. The number of carbonyl (C=O) groups is 3. The summed E-state index contributed by atoms with van der Waals surface area (Å²) in [6, 6.07) is 21.2. The molecule has 1 N–H and O–H groups in total. The predicted molar refractivity (Wildman–Crippen MR) is 127 cm³/mol. The van der Waals surface area contributed by atoms with E-state index < -0.39 is 10.2 Å². The van der Waals surface area contributed by atoms with Gasteiger partial charge < -0.3 is 10.1 Å². The molecule has 0 saturated carbocycles. The van der Waals surface area contributed by atoms with Crippen LogP contribution in [-0.2, 0) is 14.4 Å². The Bertz CT molecular complexity index is 1220. The normalized spacial score (nSPS) is 15.3. The number of hydrogen-bond donors (Lipinski definition) is 1. The van der Waals surface area contributed by atoms with Crippen LogP contribution in [0.4, 0.5) is 17.1 Å². The van der Waals surface area contributed by atoms with Gasteiger partial charge in [0.05, 0.1) is 15.9 Å². The van der Waals surface area contributed by atoms with E-state index in [2.05, 4.69) is 5.32 Å². The molecule has 0 radical (unpaired) electrons. The smallest absolute Gasteiger partial charge is 0.269 e. The number of thioether (sulfide) groups is 1. The average Bonchev–Trinajstić information content (AvgIpc) is 3.12. The van der Waals surface area contributed by atoms with Crippen LogP contribution in [0.1, 0.15) is 6.42 Å². The summed E-state index contributed by atoms with van der Waals surface area (Å²) in [6.45, 7) is -0.127. The fraction of sp³-hybridized carbons (Fsp3) is 0.125. The van der Waals surface area contributed by atoms with Gasteiger partial charge >= 0.3 is 0 Å². The van der Waals surface area contributed by atoms with Crippen LogP contribution in [0.2, 0.25) is 0 Å². The van der Waals surface area contributed by atoms with Crippen molar-refractivity contribution in [1.82, 2.24) is 0 Å². The molecular weight excluding hydrogens is 458 g/mol. The third-order valence-corrected chi connectivity index (χ3v) is 6.15. The molecule has 172 valence electrons. The zero-order chi connectivity index (χ0) is 24.1. The minimum Gasteiger partial charge on any atom is -0.484 e. The number of nitro benzene ring substituents is 1. The number of hydrogen-bond acceptors (Lipinski definition) is 7. The Hall–Kier alpha value is -4.18. The van der Waals surface area contributed by atoms with Crippen molar-refractivity contribution >= 4 is 46.5 Å². The van der Waals surface area contributed by atoms with Crippen LogP contribution in [0.3, 0.4) is 0 Å². The molecule has 10 heteroatoms. The van der Waals surface area contributed by atoms with E-state index in [0.717, 1.165) is 9.80 Å². The van der Waals surface area contributed by atoms with Crippen LogP contribution < -0.4 is 15.0 Å². The number of anilines is 2. The molecule has 0 bridgehead atoms. The van der Waals surface area contributed by atoms with Gasteiger partial charge in [0.1, 0.15) is 5.75 Å². The molecule has 1 heterocycles. The second-order valence-corrected chi connectivity index (χ2v) is 8.60. The first-order valence-corrected chi connectivity index (χ1v) is 11.1. The molecule has 3 amide bonds. The van der Waals surface area contributed by atoms with E-state index in [1.807, 2.05) is 18.2 Å². The van der Waals surface area contributed by atoms with Crippen molar-refractivity contribution in [1.29, 1.82) is 0 Å². The van der Waals surface area contributed by atoms with Crippen LogP contribution in [0, 0.1) is 10.1 Å². The SMILES string of the molecule is O=C(COc1ccccc1)Nc1ccc(SC2CC(=O)N(c3ccc([N+](=O)[O-])cc3)C2=O)cc1. The molecule has 1 aliphatic rings. The number of para-hydroxylation sites is 1. The van der Waals surface area contributed by atoms with Crippen LogP contribution in [-0.4, -0.2) is 34.5 Å². The van der Waals surface area contributed by atoms with Crippen molar-refractivity contribution in [2.24, 2.45) is 0 Å². The van der Waals surface area contributed by atoms with Gasteiger partial charge in [0.25, 0.3) is 11.6 Å². The van der Waals surface area contributed by atoms with Crippen molar-refractivity contribution in [3.63, 3.8) is 0 Å². The molecule has 0 spiro atoms. The highest BCUT2D eigenvalue weighted by atomic mass is 32.2. The van der Waals surface area contributed by atoms with Crippen molar-refractivity contribution in [2.75, 3.05) is 16.8 Å². The number of benzene rings is 3. The molecule has 4 rings (SSSR count). The highest BCUT2D eigenvalue weighted by molar-refractivity contribution is 8.00. The molecule has 3 aromatic rings. The topological polar surface area (TPSA) is 119 Å². The third-order valence-electron chi connectivity index (χ3n) is 4.95. The Kier molecular flexibility index (Phi) is 6.88. The third kappa shape index (κ3) is 5.41. The largest absolute Gasteiger partial charge is 0.484 e. The Morgan fingerprint density at radius 2 is 1.71 bits per heavy atom. The van der Waals surface area contributed by atoms with Gasteiger partial charge in [-0.3, -0.25) is 24.5 Å². The maximum absolute atomic E-state index is 12.8. The van der Waals surface area contributed by atoms with E-state index in [4.69, 9.17) is 4.74 Å². The number of carbonyl (C=O) groups excluding carboxylic acids is 3. The molecule has 1 saturated heterocycles. The van der Waals surface area contributed by atoms with Gasteiger partial charge in [-0.15, -0.1) is 11.8 Å². The van der Waals surface area contributed by atoms with Crippen molar-refractivity contribution in [3.05, 3.63) is 89.0 Å². The number of amides is 3. The lowest BCUT2D eigenvalue weighted by atomic mass is 10.2. The average molecular weight is 477 g/mol. The highest BCUT2D eigenvalue weighted by Gasteiger charge is 2.40. The van der Waals surface area contributed by atoms with E-state index in [-0.39, 0.29) is 36.4 Å². The van der Waals surface area contributed by atoms with Gasteiger partial charge in [0.2, 0.25) is 11.8 Å². The number of rotatable bonds is 8. The Morgan fingerprint density at radius 3 is 2.35 bits per heavy atom. The summed E-state index contributed by atoms with van der Waals surface area (Å²) in [5.74, 6) is -0.444. The maximum Gasteiger partial charge on any atom is 0.269 e. The molecule has 34 heavy (non-hydrogen) atoms. The second kappa shape index (κ2) is 10.2. The fourth-order valence-electron chi connectivity index (χ4n) is 3.33. The van der Waals surface area contributed by atoms with Gasteiger partial charge in [-0.2, -0.15) is 0 Å². The van der Waals surface area contributed by atoms with E-state index in [9.17, 15) is 24.5 Å². The summed E-state index contributed by atoms with van der Waals surface area (Å²) in [5, 5.41) is 12.9. The Balaban J connectivity index is 1.33. The molecule has 0 aliphatic carbocycles. The van der Waals surface area contributed by atoms with Gasteiger partial charge in [-0.25, -0.2) is 4.90 Å². The summed E-state index contributed by atoms with van der Waals surface area (Å²) in [6.07, 6.45) is 0.0236. The molecule has 0 aromatic heterocycles. The number of nitrogens with one attached hydrogen (secondary N) is 1. The molecule has 1 atom stereocenters. The van der Waals surface area contributed by atoms with Gasteiger partial charge in [0, 0.05) is 29.1 Å². The molecule has 3 aromatic carbocycles. The van der Waals surface area contributed by atoms with Gasteiger partial charge in [0.15, 0.2) is 6.61 Å². The highest BCUT2D eigenvalue weighted by Crippen LogP contribution is 2.34. The van der Waals surface area contributed by atoms with Gasteiger partial charge in [-0.1, -0.05) is 18.2 Å². The van der Waals surface area contributed by atoms with Crippen LogP contribution >= 0.6 is 11.8 Å². The van der Waals surface area contributed by atoms with Crippen molar-refractivity contribution in [2.45, 2.75) is 16.6 Å². The first-order valence-electron chi connectivity index (χ1n) is 10.3. The van der Waals surface area contributed by atoms with E-state index in [1.165, 1.54) is 36.0 Å². The Labute approximate surface area is 198 Å². The lowest BCUT2D eigenvalue weighted by molar-refractivity contribution is -0.384. The summed E-state index contributed by atoms with van der Waals surface area (Å²) in [7, 11) is 0. The standard InChI is InChI=1S/C24H19N3O6S/c28-22(15-33-19-4-2-1-3-5-19)25-16-6-12-20(13-7-16)34-21-14-23(29)26(24(21)30)17-8-10-18(11-9-17)27(31)32/h1-13,21H,14-15H2,(H,25,28). The fourth-order valence-corrected chi connectivity index (χ4v) is 4.39. The van der Waals surface area contributed by atoms with E-state index >= 15 is 0 Å².